The Balaban J connectivity index is 1.42. The molecule has 1 fully saturated rings. The number of ether oxygens (including phenoxy) is 1. The number of rotatable bonds is 10. The summed E-state index contributed by atoms with van der Waals surface area (Å²) in [5.41, 5.74) is 1.17. The maximum atomic E-state index is 12.4. The Morgan fingerprint density at radius 1 is 1.19 bits per heavy atom. The Kier molecular flexibility index (Phi) is 8.93. The second kappa shape index (κ2) is 11.9. The van der Waals surface area contributed by atoms with Gasteiger partial charge in [-0.15, -0.1) is 10.2 Å². The summed E-state index contributed by atoms with van der Waals surface area (Å²) in [6, 6.07) is 7.53. The van der Waals surface area contributed by atoms with E-state index in [2.05, 4.69) is 32.7 Å². The lowest BCUT2D eigenvalue weighted by Gasteiger charge is -2.35. The van der Waals surface area contributed by atoms with Crippen molar-refractivity contribution in [1.29, 1.82) is 0 Å². The van der Waals surface area contributed by atoms with Gasteiger partial charge in [-0.25, -0.2) is 0 Å². The molecule has 1 aromatic carbocycles. The smallest absolute Gasteiger partial charge is 0.286 e. The predicted molar refractivity (Wildman–Crippen MR) is 121 cm³/mol. The topological polar surface area (TPSA) is 96.5 Å². The largest absolute Gasteiger partial charge is 0.377 e. The van der Waals surface area contributed by atoms with Crippen molar-refractivity contribution in [2.45, 2.75) is 51.7 Å². The zero-order valence-electron chi connectivity index (χ0n) is 18.2. The highest BCUT2D eigenvalue weighted by molar-refractivity contribution is 7.13. The molecule has 0 aliphatic carbocycles. The van der Waals surface area contributed by atoms with Crippen LogP contribution in [0.1, 0.15) is 64.2 Å². The van der Waals surface area contributed by atoms with Gasteiger partial charge in [0, 0.05) is 37.5 Å². The maximum Gasteiger partial charge on any atom is 0.286 e. The van der Waals surface area contributed by atoms with Crippen molar-refractivity contribution >= 4 is 28.8 Å². The Labute approximate surface area is 187 Å². The van der Waals surface area contributed by atoms with E-state index < -0.39 is 0 Å². The highest BCUT2D eigenvalue weighted by Gasteiger charge is 2.20. The summed E-state index contributed by atoms with van der Waals surface area (Å²) >= 11 is 1.19. The lowest BCUT2D eigenvalue weighted by Crippen LogP contribution is -2.40. The van der Waals surface area contributed by atoms with Gasteiger partial charge in [0.25, 0.3) is 11.8 Å². The lowest BCUT2D eigenvalue weighted by molar-refractivity contribution is 0.0946. The lowest BCUT2D eigenvalue weighted by atomic mass is 10.00. The van der Waals surface area contributed by atoms with E-state index in [1.807, 2.05) is 0 Å². The first-order valence-electron chi connectivity index (χ1n) is 10.9. The molecule has 8 nitrogen and oxygen atoms in total. The highest BCUT2D eigenvalue weighted by atomic mass is 32.1. The molecule has 1 aliphatic rings. The van der Waals surface area contributed by atoms with Crippen LogP contribution in [0.25, 0.3) is 0 Å². The highest BCUT2D eigenvalue weighted by Crippen LogP contribution is 2.19. The molecule has 0 radical (unpaired) electrons. The molecular weight excluding hydrogens is 414 g/mol. The van der Waals surface area contributed by atoms with Gasteiger partial charge in [-0.05, 0) is 56.5 Å². The van der Waals surface area contributed by atoms with Crippen molar-refractivity contribution in [3.8, 4) is 0 Å². The van der Waals surface area contributed by atoms with Crippen LogP contribution in [0.15, 0.2) is 24.3 Å². The zero-order chi connectivity index (χ0) is 22.1. The zero-order valence-corrected chi connectivity index (χ0v) is 19.0. The van der Waals surface area contributed by atoms with Gasteiger partial charge >= 0.3 is 0 Å². The van der Waals surface area contributed by atoms with E-state index >= 15 is 0 Å². The second-order valence-electron chi connectivity index (χ2n) is 7.67. The first-order chi connectivity index (χ1) is 15.1. The number of nitrogens with one attached hydrogen (secondary N) is 2. The van der Waals surface area contributed by atoms with Gasteiger partial charge in [-0.1, -0.05) is 24.7 Å². The van der Waals surface area contributed by atoms with E-state index in [0.29, 0.717) is 35.5 Å². The second-order valence-corrected chi connectivity index (χ2v) is 8.73. The number of hydrogen-bond acceptors (Lipinski definition) is 7. The molecule has 0 bridgehead atoms. The van der Waals surface area contributed by atoms with E-state index in [1.165, 1.54) is 43.6 Å². The minimum atomic E-state index is -0.333. The molecule has 168 valence electrons. The SMILES string of the molecule is CCC1CCCCN1CCCNC(=O)c1ccc(NC(=O)c2nnc(COC)s2)cc1. The van der Waals surface area contributed by atoms with Crippen molar-refractivity contribution in [1.82, 2.24) is 20.4 Å². The van der Waals surface area contributed by atoms with Crippen LogP contribution in [-0.2, 0) is 11.3 Å². The van der Waals surface area contributed by atoms with Gasteiger partial charge < -0.3 is 20.3 Å². The number of anilines is 1. The quantitative estimate of drug-likeness (QED) is 0.545. The Morgan fingerprint density at radius 2 is 2.00 bits per heavy atom. The summed E-state index contributed by atoms with van der Waals surface area (Å²) in [6.45, 7) is 5.44. The van der Waals surface area contributed by atoms with Gasteiger partial charge in [-0.3, -0.25) is 9.59 Å². The van der Waals surface area contributed by atoms with E-state index in [4.69, 9.17) is 4.74 Å². The number of nitrogens with zero attached hydrogens (tertiary/aromatic N) is 3. The number of hydrogen-bond donors (Lipinski definition) is 2. The third kappa shape index (κ3) is 6.81. The predicted octanol–water partition coefficient (Wildman–Crippen LogP) is 3.32. The van der Waals surface area contributed by atoms with Gasteiger partial charge in [0.05, 0.1) is 6.61 Å². The van der Waals surface area contributed by atoms with Crippen LogP contribution in [-0.4, -0.2) is 59.7 Å². The number of amides is 2. The third-order valence-electron chi connectivity index (χ3n) is 5.46. The fourth-order valence-electron chi connectivity index (χ4n) is 3.82. The minimum absolute atomic E-state index is 0.100. The molecule has 1 atom stereocenters. The summed E-state index contributed by atoms with van der Waals surface area (Å²) in [4.78, 5) is 27.2. The number of piperidine rings is 1. The molecule has 2 N–H and O–H groups in total. The molecule has 31 heavy (non-hydrogen) atoms. The number of aromatic nitrogens is 2. The molecular formula is C22H31N5O3S. The summed E-state index contributed by atoms with van der Waals surface area (Å²) in [5.74, 6) is -0.433. The molecule has 1 aliphatic heterocycles. The van der Waals surface area contributed by atoms with Gasteiger partial charge in [-0.2, -0.15) is 0 Å². The fraction of sp³-hybridized carbons (Fsp3) is 0.545. The Morgan fingerprint density at radius 3 is 2.74 bits per heavy atom. The van der Waals surface area contributed by atoms with Crippen LogP contribution >= 0.6 is 11.3 Å². The van der Waals surface area contributed by atoms with E-state index in [1.54, 1.807) is 31.4 Å². The van der Waals surface area contributed by atoms with Crippen LogP contribution in [0.4, 0.5) is 5.69 Å². The number of carbonyl (C=O) groups excluding carboxylic acids is 2. The normalized spacial score (nSPS) is 16.8. The van der Waals surface area contributed by atoms with Crippen molar-refractivity contribution in [3.63, 3.8) is 0 Å². The number of carbonyl (C=O) groups is 2. The molecule has 0 spiro atoms. The summed E-state index contributed by atoms with van der Waals surface area (Å²) in [7, 11) is 1.56. The van der Waals surface area contributed by atoms with Crippen molar-refractivity contribution in [2.24, 2.45) is 0 Å². The Bertz CT molecular complexity index is 855. The fourth-order valence-corrected chi connectivity index (χ4v) is 4.53. The first-order valence-corrected chi connectivity index (χ1v) is 11.7. The number of likely N-dealkylation sites (tertiary alicyclic amines) is 1. The molecule has 2 amide bonds. The van der Waals surface area contributed by atoms with Crippen molar-refractivity contribution in [2.75, 3.05) is 32.1 Å². The first kappa shape index (κ1) is 23.3. The number of benzene rings is 1. The van der Waals surface area contributed by atoms with Crippen LogP contribution in [0.2, 0.25) is 0 Å². The summed E-state index contributed by atoms with van der Waals surface area (Å²) in [6.07, 6.45) is 6.04. The van der Waals surface area contributed by atoms with E-state index in [-0.39, 0.29) is 16.8 Å². The van der Waals surface area contributed by atoms with Gasteiger partial charge in [0.1, 0.15) is 5.01 Å². The molecule has 3 rings (SSSR count). The average molecular weight is 446 g/mol. The standard InChI is InChI=1S/C22H31N5O3S/c1-3-18-7-4-5-13-27(18)14-6-12-23-20(28)16-8-10-17(11-9-16)24-21(29)22-26-25-19(31-22)15-30-2/h8-11,18H,3-7,12-15H2,1-2H3,(H,23,28)(H,24,29). The van der Waals surface area contributed by atoms with Crippen LogP contribution in [0.3, 0.4) is 0 Å². The van der Waals surface area contributed by atoms with Gasteiger partial charge in [0.15, 0.2) is 0 Å². The molecule has 2 aromatic rings. The minimum Gasteiger partial charge on any atom is -0.377 e. The number of methoxy groups -OCH3 is 1. The summed E-state index contributed by atoms with van der Waals surface area (Å²) < 4.78 is 4.99. The van der Waals surface area contributed by atoms with E-state index in [9.17, 15) is 9.59 Å². The molecule has 0 saturated carbocycles. The molecule has 9 heteroatoms. The van der Waals surface area contributed by atoms with Gasteiger partial charge in [0.2, 0.25) is 5.01 Å². The van der Waals surface area contributed by atoms with Crippen LogP contribution in [0.5, 0.6) is 0 Å². The molecule has 1 unspecified atom stereocenters. The van der Waals surface area contributed by atoms with E-state index in [0.717, 1.165) is 13.0 Å². The summed E-state index contributed by atoms with van der Waals surface area (Å²) in [5, 5.41) is 14.5. The molecule has 1 saturated heterocycles. The van der Waals surface area contributed by atoms with Crippen LogP contribution in [0, 0.1) is 0 Å². The van der Waals surface area contributed by atoms with Crippen molar-refractivity contribution in [3.05, 3.63) is 39.8 Å². The Hall–Kier alpha value is -2.36. The van der Waals surface area contributed by atoms with Crippen molar-refractivity contribution < 1.29 is 14.3 Å². The average Bonchev–Trinajstić information content (AvgIpc) is 3.26. The molecule has 1 aromatic heterocycles. The third-order valence-corrected chi connectivity index (χ3v) is 6.36. The maximum absolute atomic E-state index is 12.4. The molecule has 2 heterocycles. The van der Waals surface area contributed by atoms with Crippen LogP contribution < -0.4 is 10.6 Å². The monoisotopic (exact) mass is 445 g/mol.